The minimum absolute atomic E-state index is 0.399. The molecule has 3 aromatic rings. The van der Waals surface area contributed by atoms with Crippen LogP contribution >= 0.6 is 0 Å². The number of amides is 1. The van der Waals surface area contributed by atoms with Crippen LogP contribution in [0.25, 0.3) is 11.4 Å². The van der Waals surface area contributed by atoms with Gasteiger partial charge >= 0.3 is 6.09 Å². The van der Waals surface area contributed by atoms with Crippen LogP contribution < -0.4 is 15.0 Å². The second-order valence-electron chi connectivity index (χ2n) is 9.92. The predicted molar refractivity (Wildman–Crippen MR) is 142 cm³/mol. The summed E-state index contributed by atoms with van der Waals surface area (Å²) in [6, 6.07) is 11.1. The summed E-state index contributed by atoms with van der Waals surface area (Å²) < 4.78 is 17.0. The van der Waals surface area contributed by atoms with Gasteiger partial charge in [0.05, 0.1) is 30.4 Å². The quantitative estimate of drug-likeness (QED) is 0.486. The molecule has 1 aliphatic heterocycles. The van der Waals surface area contributed by atoms with Crippen molar-refractivity contribution in [2.75, 3.05) is 37.7 Å². The van der Waals surface area contributed by atoms with E-state index in [1.54, 1.807) is 30.6 Å². The van der Waals surface area contributed by atoms with Crippen molar-refractivity contribution in [3.63, 3.8) is 0 Å². The Morgan fingerprint density at radius 1 is 1.16 bits per heavy atom. The van der Waals surface area contributed by atoms with Gasteiger partial charge in [0.2, 0.25) is 0 Å². The van der Waals surface area contributed by atoms with Crippen LogP contribution in [0, 0.1) is 18.3 Å². The maximum atomic E-state index is 11.8. The molecule has 1 fully saturated rings. The van der Waals surface area contributed by atoms with E-state index in [1.165, 1.54) is 0 Å². The summed E-state index contributed by atoms with van der Waals surface area (Å²) in [5.41, 5.74) is 2.26. The number of carbonyl (C=O) groups excluding carboxylic acids is 1. The molecule has 0 unspecified atom stereocenters. The first-order valence-corrected chi connectivity index (χ1v) is 12.5. The summed E-state index contributed by atoms with van der Waals surface area (Å²) in [7, 11) is 0. The lowest BCUT2D eigenvalue weighted by molar-refractivity contribution is 0.0528. The van der Waals surface area contributed by atoms with Crippen molar-refractivity contribution >= 4 is 11.9 Å². The van der Waals surface area contributed by atoms with Crippen LogP contribution in [-0.2, 0) is 15.9 Å². The van der Waals surface area contributed by atoms with Crippen LogP contribution in [0.2, 0.25) is 0 Å². The standard InChI is InChI=1S/C28H32N6O4/c1-19-13-22(15-25(33-19)34-9-11-36-12-10-34)37-24-14-20(16-29)5-6-23(24)26-31-17-21(18-32-26)7-8-30-27(35)38-28(2,3)4/h5-6,13-15,17-18H,7-12H2,1-4H3,(H,30,35). The number of carbonyl (C=O) groups is 1. The number of morpholine rings is 1. The summed E-state index contributed by atoms with van der Waals surface area (Å²) in [5, 5.41) is 12.2. The number of nitriles is 1. The van der Waals surface area contributed by atoms with Crippen LogP contribution in [0.15, 0.2) is 42.7 Å². The van der Waals surface area contributed by atoms with Crippen molar-refractivity contribution in [3.05, 3.63) is 59.5 Å². The Hall–Kier alpha value is -4.23. The van der Waals surface area contributed by atoms with E-state index in [1.807, 2.05) is 39.8 Å². The van der Waals surface area contributed by atoms with Gasteiger partial charge in [-0.3, -0.25) is 0 Å². The van der Waals surface area contributed by atoms with Crippen molar-refractivity contribution in [2.24, 2.45) is 0 Å². The van der Waals surface area contributed by atoms with Crippen LogP contribution in [0.1, 0.15) is 37.6 Å². The number of alkyl carbamates (subject to hydrolysis) is 1. The first-order chi connectivity index (χ1) is 18.2. The molecule has 198 valence electrons. The van der Waals surface area contributed by atoms with Gasteiger partial charge in [-0.2, -0.15) is 5.26 Å². The molecule has 1 N–H and O–H groups in total. The van der Waals surface area contributed by atoms with Gasteiger partial charge in [0.25, 0.3) is 0 Å². The van der Waals surface area contributed by atoms with Gasteiger partial charge in [0, 0.05) is 49.9 Å². The SMILES string of the molecule is Cc1cc(Oc2cc(C#N)ccc2-c2ncc(CCNC(=O)OC(C)(C)C)cn2)cc(N2CCOCC2)n1. The molecule has 1 saturated heterocycles. The van der Waals surface area contributed by atoms with Gasteiger partial charge in [-0.1, -0.05) is 0 Å². The Labute approximate surface area is 222 Å². The van der Waals surface area contributed by atoms with Crippen molar-refractivity contribution < 1.29 is 19.0 Å². The molecular weight excluding hydrogens is 484 g/mol. The fourth-order valence-corrected chi connectivity index (χ4v) is 3.87. The maximum absolute atomic E-state index is 11.8. The molecule has 0 radical (unpaired) electrons. The second kappa shape index (κ2) is 11.9. The molecule has 1 aliphatic rings. The van der Waals surface area contributed by atoms with E-state index in [9.17, 15) is 10.1 Å². The van der Waals surface area contributed by atoms with Gasteiger partial charge in [-0.25, -0.2) is 19.7 Å². The molecule has 4 rings (SSSR count). The van der Waals surface area contributed by atoms with Crippen LogP contribution in [0.3, 0.4) is 0 Å². The molecular formula is C28H32N6O4. The number of nitrogens with one attached hydrogen (secondary N) is 1. The molecule has 0 bridgehead atoms. The molecule has 0 spiro atoms. The third kappa shape index (κ3) is 7.40. The molecule has 10 nitrogen and oxygen atoms in total. The van der Waals surface area contributed by atoms with Crippen molar-refractivity contribution in [3.8, 4) is 29.0 Å². The second-order valence-corrected chi connectivity index (χ2v) is 9.92. The third-order valence-electron chi connectivity index (χ3n) is 5.62. The zero-order valence-electron chi connectivity index (χ0n) is 22.2. The largest absolute Gasteiger partial charge is 0.456 e. The topological polar surface area (TPSA) is 122 Å². The number of anilines is 1. The van der Waals surface area contributed by atoms with Gasteiger partial charge in [0.15, 0.2) is 5.82 Å². The number of ether oxygens (including phenoxy) is 3. The lowest BCUT2D eigenvalue weighted by Crippen LogP contribution is -2.36. The summed E-state index contributed by atoms with van der Waals surface area (Å²) in [6.07, 6.45) is 3.52. The molecule has 1 aromatic carbocycles. The summed E-state index contributed by atoms with van der Waals surface area (Å²) in [6.45, 7) is 10.6. The van der Waals surface area contributed by atoms with Crippen LogP contribution in [-0.4, -0.2) is 59.5 Å². The Kier molecular flexibility index (Phi) is 8.38. The number of aromatic nitrogens is 3. The summed E-state index contributed by atoms with van der Waals surface area (Å²) in [5.74, 6) is 2.37. The minimum atomic E-state index is -0.547. The van der Waals surface area contributed by atoms with E-state index in [-0.39, 0.29) is 0 Å². The lowest BCUT2D eigenvalue weighted by atomic mass is 10.1. The summed E-state index contributed by atoms with van der Waals surface area (Å²) in [4.78, 5) is 27.7. The monoisotopic (exact) mass is 516 g/mol. The van der Waals surface area contributed by atoms with E-state index >= 15 is 0 Å². The van der Waals surface area contributed by atoms with E-state index in [0.717, 1.165) is 30.2 Å². The fourth-order valence-electron chi connectivity index (χ4n) is 3.87. The average Bonchev–Trinajstić information content (AvgIpc) is 2.88. The van der Waals surface area contributed by atoms with Gasteiger partial charge in [-0.15, -0.1) is 0 Å². The molecule has 10 heteroatoms. The number of hydrogen-bond donors (Lipinski definition) is 1. The number of pyridine rings is 1. The Balaban J connectivity index is 1.50. The molecule has 1 amide bonds. The molecule has 38 heavy (non-hydrogen) atoms. The maximum Gasteiger partial charge on any atom is 0.407 e. The third-order valence-corrected chi connectivity index (χ3v) is 5.62. The first-order valence-electron chi connectivity index (χ1n) is 12.5. The first kappa shape index (κ1) is 26.8. The molecule has 0 atom stereocenters. The number of aryl methyl sites for hydroxylation is 1. The number of rotatable bonds is 7. The molecule has 2 aromatic heterocycles. The van der Waals surface area contributed by atoms with Gasteiger partial charge < -0.3 is 24.4 Å². The predicted octanol–water partition coefficient (Wildman–Crippen LogP) is 4.41. The average molecular weight is 517 g/mol. The summed E-state index contributed by atoms with van der Waals surface area (Å²) >= 11 is 0. The van der Waals surface area contributed by atoms with Crippen LogP contribution in [0.5, 0.6) is 11.5 Å². The van der Waals surface area contributed by atoms with Gasteiger partial charge in [0.1, 0.15) is 22.9 Å². The highest BCUT2D eigenvalue weighted by molar-refractivity contribution is 5.68. The number of nitrogens with zero attached hydrogens (tertiary/aromatic N) is 5. The lowest BCUT2D eigenvalue weighted by Gasteiger charge is -2.28. The van der Waals surface area contributed by atoms with Crippen molar-refractivity contribution in [1.29, 1.82) is 5.26 Å². The Morgan fingerprint density at radius 2 is 1.89 bits per heavy atom. The van der Waals surface area contributed by atoms with E-state index in [2.05, 4.69) is 31.2 Å². The van der Waals surface area contributed by atoms with E-state index < -0.39 is 11.7 Å². The molecule has 3 heterocycles. The van der Waals surface area contributed by atoms with Crippen LogP contribution in [0.4, 0.5) is 10.6 Å². The highest BCUT2D eigenvalue weighted by atomic mass is 16.6. The fraction of sp³-hybridized carbons (Fsp3) is 0.393. The Morgan fingerprint density at radius 3 is 2.58 bits per heavy atom. The van der Waals surface area contributed by atoms with E-state index in [0.29, 0.717) is 54.6 Å². The highest BCUT2D eigenvalue weighted by Crippen LogP contribution is 2.34. The molecule has 0 aliphatic carbocycles. The zero-order valence-corrected chi connectivity index (χ0v) is 22.2. The highest BCUT2D eigenvalue weighted by Gasteiger charge is 2.17. The molecule has 0 saturated carbocycles. The van der Waals surface area contributed by atoms with Crippen molar-refractivity contribution in [1.82, 2.24) is 20.3 Å². The number of hydrogen-bond acceptors (Lipinski definition) is 9. The van der Waals surface area contributed by atoms with Gasteiger partial charge in [-0.05, 0) is 57.9 Å². The smallest absolute Gasteiger partial charge is 0.407 e. The zero-order chi connectivity index (χ0) is 27.1. The normalized spacial score (nSPS) is 13.5. The van der Waals surface area contributed by atoms with Crippen molar-refractivity contribution in [2.45, 2.75) is 39.7 Å². The van der Waals surface area contributed by atoms with E-state index in [4.69, 9.17) is 14.2 Å². The Bertz CT molecular complexity index is 1310. The minimum Gasteiger partial charge on any atom is -0.456 e. The number of benzene rings is 1.